The van der Waals surface area contributed by atoms with Gasteiger partial charge in [-0.25, -0.2) is 8.42 Å². The summed E-state index contributed by atoms with van der Waals surface area (Å²) in [6.07, 6.45) is 1.81. The van der Waals surface area contributed by atoms with E-state index >= 15 is 0 Å². The molecule has 1 aliphatic rings. The summed E-state index contributed by atoms with van der Waals surface area (Å²) in [4.78, 5) is 16.0. The maximum absolute atomic E-state index is 10.9. The van der Waals surface area contributed by atoms with Crippen LogP contribution in [0, 0.1) is 10.1 Å². The lowest BCUT2D eigenvalue weighted by Gasteiger charge is -2.26. The van der Waals surface area contributed by atoms with E-state index in [9.17, 15) is 23.1 Å². The van der Waals surface area contributed by atoms with Gasteiger partial charge in [0.25, 0.3) is 5.69 Å². The van der Waals surface area contributed by atoms with Crippen molar-refractivity contribution in [1.82, 2.24) is 9.88 Å². The molecule has 0 unspecified atom stereocenters. The van der Waals surface area contributed by atoms with Crippen LogP contribution in [0.15, 0.2) is 18.2 Å². The van der Waals surface area contributed by atoms with Crippen molar-refractivity contribution in [3.8, 4) is 0 Å². The van der Waals surface area contributed by atoms with Crippen molar-refractivity contribution >= 4 is 26.7 Å². The summed E-state index contributed by atoms with van der Waals surface area (Å²) in [5.74, 6) is -0.317. The van der Waals surface area contributed by atoms with Gasteiger partial charge < -0.3 is 9.54 Å². The number of fused-ring (bicyclic) bond motifs is 3. The number of aromatic amines is 1. The fraction of sp³-hybridized carbons (Fsp3) is 0.467. The van der Waals surface area contributed by atoms with E-state index < -0.39 is 15.0 Å². The number of nitro benzene ring substituents is 1. The maximum Gasteiger partial charge on any atom is 0.270 e. The molecular weight excluding hydrogens is 334 g/mol. The highest BCUT2D eigenvalue weighted by atomic mass is 32.2. The summed E-state index contributed by atoms with van der Waals surface area (Å²) in [6, 6.07) is 4.83. The fourth-order valence-corrected chi connectivity index (χ4v) is 3.76. The molecule has 9 heteroatoms. The lowest BCUT2D eigenvalue weighted by atomic mass is 10.0. The molecule has 24 heavy (non-hydrogen) atoms. The van der Waals surface area contributed by atoms with Gasteiger partial charge in [0.15, 0.2) is 0 Å². The molecule has 2 aromatic rings. The SMILES string of the molecule is O=[N+]([O-])c1ccc2[nH]c3c(c2c1)CCN(CCCCS(=O)(=O)[O-])C3. The predicted molar refractivity (Wildman–Crippen MR) is 87.7 cm³/mol. The number of nitro groups is 1. The molecule has 0 fully saturated rings. The van der Waals surface area contributed by atoms with Gasteiger partial charge in [-0.1, -0.05) is 0 Å². The van der Waals surface area contributed by atoms with Crippen LogP contribution in [0.2, 0.25) is 0 Å². The highest BCUT2D eigenvalue weighted by molar-refractivity contribution is 7.85. The van der Waals surface area contributed by atoms with Crippen LogP contribution < -0.4 is 0 Å². The number of benzene rings is 1. The van der Waals surface area contributed by atoms with Crippen LogP contribution in [0.5, 0.6) is 0 Å². The third-order valence-electron chi connectivity index (χ3n) is 4.37. The quantitative estimate of drug-likeness (QED) is 0.366. The molecule has 0 saturated carbocycles. The molecule has 0 spiro atoms. The zero-order chi connectivity index (χ0) is 17.3. The van der Waals surface area contributed by atoms with Crippen LogP contribution in [0.3, 0.4) is 0 Å². The smallest absolute Gasteiger partial charge is 0.270 e. The van der Waals surface area contributed by atoms with Crippen LogP contribution >= 0.6 is 0 Å². The first kappa shape index (κ1) is 16.9. The molecule has 1 aromatic carbocycles. The molecule has 1 N–H and O–H groups in total. The van der Waals surface area contributed by atoms with E-state index in [1.165, 1.54) is 6.07 Å². The van der Waals surface area contributed by atoms with Crippen LogP contribution in [0.25, 0.3) is 10.9 Å². The largest absolute Gasteiger partial charge is 0.748 e. The highest BCUT2D eigenvalue weighted by Crippen LogP contribution is 2.30. The number of nitrogens with zero attached hydrogens (tertiary/aromatic N) is 2. The average Bonchev–Trinajstić information content (AvgIpc) is 2.87. The molecule has 1 aliphatic heterocycles. The summed E-state index contributed by atoms with van der Waals surface area (Å²) in [7, 11) is -4.13. The van der Waals surface area contributed by atoms with Gasteiger partial charge >= 0.3 is 0 Å². The molecule has 0 amide bonds. The minimum absolute atomic E-state index is 0.0885. The molecule has 2 heterocycles. The van der Waals surface area contributed by atoms with Crippen LogP contribution in [-0.4, -0.2) is 46.6 Å². The van der Waals surface area contributed by atoms with Crippen molar-refractivity contribution in [1.29, 1.82) is 0 Å². The number of non-ortho nitro benzene ring substituents is 1. The molecule has 3 rings (SSSR count). The van der Waals surface area contributed by atoms with E-state index in [2.05, 4.69) is 9.88 Å². The van der Waals surface area contributed by atoms with Gasteiger partial charge in [-0.15, -0.1) is 0 Å². The Morgan fingerprint density at radius 3 is 2.79 bits per heavy atom. The average molecular weight is 352 g/mol. The third-order valence-corrected chi connectivity index (χ3v) is 5.16. The van der Waals surface area contributed by atoms with Crippen molar-refractivity contribution in [3.63, 3.8) is 0 Å². The second kappa shape index (κ2) is 6.50. The normalized spacial score (nSPS) is 15.5. The van der Waals surface area contributed by atoms with Crippen molar-refractivity contribution in [3.05, 3.63) is 39.6 Å². The topological polar surface area (TPSA) is 119 Å². The molecule has 0 radical (unpaired) electrons. The first-order chi connectivity index (χ1) is 11.3. The summed E-state index contributed by atoms with van der Waals surface area (Å²) in [5, 5.41) is 11.8. The minimum Gasteiger partial charge on any atom is -0.748 e. The van der Waals surface area contributed by atoms with Gasteiger partial charge in [0.1, 0.15) is 0 Å². The Hall–Kier alpha value is -1.97. The van der Waals surface area contributed by atoms with Crippen molar-refractivity contribution in [2.45, 2.75) is 25.8 Å². The molecule has 0 aliphatic carbocycles. The number of H-pyrrole nitrogens is 1. The Kier molecular flexibility index (Phi) is 4.57. The van der Waals surface area contributed by atoms with Crippen LogP contribution in [0.4, 0.5) is 5.69 Å². The van der Waals surface area contributed by atoms with Crippen molar-refractivity contribution in [2.24, 2.45) is 0 Å². The molecule has 130 valence electrons. The van der Waals surface area contributed by atoms with Crippen molar-refractivity contribution in [2.75, 3.05) is 18.8 Å². The van der Waals surface area contributed by atoms with Gasteiger partial charge in [0, 0.05) is 47.6 Å². The van der Waals surface area contributed by atoms with E-state index in [1.54, 1.807) is 12.1 Å². The lowest BCUT2D eigenvalue weighted by molar-refractivity contribution is -0.384. The Balaban J connectivity index is 1.68. The summed E-state index contributed by atoms with van der Waals surface area (Å²) in [5.41, 5.74) is 3.15. The maximum atomic E-state index is 10.9. The molecule has 0 atom stereocenters. The summed E-state index contributed by atoms with van der Waals surface area (Å²) >= 11 is 0. The lowest BCUT2D eigenvalue weighted by Crippen LogP contribution is -2.31. The minimum atomic E-state index is -4.13. The van der Waals surface area contributed by atoms with Crippen molar-refractivity contribution < 1.29 is 17.9 Å². The molecule has 0 saturated heterocycles. The fourth-order valence-electron chi connectivity index (χ4n) is 3.20. The number of aromatic nitrogens is 1. The van der Waals surface area contributed by atoms with Crippen LogP contribution in [0.1, 0.15) is 24.1 Å². The van der Waals surface area contributed by atoms with E-state index in [1.807, 2.05) is 0 Å². The Labute approximate surface area is 139 Å². The predicted octanol–water partition coefficient (Wildman–Crippen LogP) is 1.76. The number of rotatable bonds is 6. The summed E-state index contributed by atoms with van der Waals surface area (Å²) in [6.45, 7) is 2.24. The van der Waals surface area contributed by atoms with Crippen LogP contribution in [-0.2, 0) is 23.1 Å². The number of nitrogens with one attached hydrogen (secondary N) is 1. The second-order valence-electron chi connectivity index (χ2n) is 6.06. The zero-order valence-electron chi connectivity index (χ0n) is 13.0. The molecule has 1 aromatic heterocycles. The van der Waals surface area contributed by atoms with Gasteiger partial charge in [-0.3, -0.25) is 15.0 Å². The first-order valence-corrected chi connectivity index (χ1v) is 9.35. The molecule has 8 nitrogen and oxygen atoms in total. The third kappa shape index (κ3) is 3.74. The monoisotopic (exact) mass is 352 g/mol. The zero-order valence-corrected chi connectivity index (χ0v) is 13.8. The Morgan fingerprint density at radius 1 is 1.29 bits per heavy atom. The standard InChI is InChI=1S/C15H19N3O5S/c19-18(20)11-3-4-14-13(9-11)12-5-7-17(10-15(12)16-14)6-1-2-8-24(21,22)23/h3-4,9,16H,1-2,5-8,10H2,(H,21,22,23)/p-1. The molecular formula is C15H18N3O5S-. The van der Waals surface area contributed by atoms with E-state index in [0.29, 0.717) is 19.4 Å². The number of hydrogen-bond donors (Lipinski definition) is 1. The summed E-state index contributed by atoms with van der Waals surface area (Å²) < 4.78 is 31.8. The number of hydrogen-bond acceptors (Lipinski definition) is 6. The number of unbranched alkanes of at least 4 members (excludes halogenated alkanes) is 1. The van der Waals surface area contributed by atoms with Gasteiger partial charge in [-0.05, 0) is 37.4 Å². The van der Waals surface area contributed by atoms with Gasteiger partial charge in [-0.2, -0.15) is 0 Å². The van der Waals surface area contributed by atoms with E-state index in [-0.39, 0.29) is 11.4 Å². The van der Waals surface area contributed by atoms with E-state index in [4.69, 9.17) is 0 Å². The Morgan fingerprint density at radius 2 is 2.08 bits per heavy atom. The van der Waals surface area contributed by atoms with E-state index in [0.717, 1.165) is 41.7 Å². The first-order valence-electron chi connectivity index (χ1n) is 7.77. The second-order valence-corrected chi connectivity index (χ2v) is 7.59. The molecule has 0 bridgehead atoms. The Bertz CT molecular complexity index is 875. The van der Waals surface area contributed by atoms with Gasteiger partial charge in [0.2, 0.25) is 0 Å². The van der Waals surface area contributed by atoms with Gasteiger partial charge in [0.05, 0.1) is 15.0 Å². The highest BCUT2D eigenvalue weighted by Gasteiger charge is 2.21.